The minimum atomic E-state index is -0.309. The lowest BCUT2D eigenvalue weighted by atomic mass is 10.0. The van der Waals surface area contributed by atoms with Gasteiger partial charge in [0.1, 0.15) is 5.75 Å². The van der Waals surface area contributed by atoms with Crippen molar-refractivity contribution in [3.8, 4) is 11.4 Å². The molecule has 0 fully saturated rings. The molecule has 3 heterocycles. The van der Waals surface area contributed by atoms with Crippen LogP contribution in [-0.2, 0) is 17.9 Å². The fraction of sp³-hybridized carbons (Fsp3) is 0.389. The van der Waals surface area contributed by atoms with Gasteiger partial charge in [-0.1, -0.05) is 12.5 Å². The Morgan fingerprint density at radius 3 is 3.19 bits per heavy atom. The molecular formula is C18H21N7O2. The van der Waals surface area contributed by atoms with Gasteiger partial charge in [-0.25, -0.2) is 9.36 Å². The number of benzene rings is 1. The minimum absolute atomic E-state index is 0.0536. The second-order valence-electron chi connectivity index (χ2n) is 6.52. The Hall–Kier alpha value is -3.23. The Kier molecular flexibility index (Phi) is 4.82. The van der Waals surface area contributed by atoms with E-state index in [1.165, 1.54) is 0 Å². The van der Waals surface area contributed by atoms with Crippen LogP contribution in [0.1, 0.15) is 36.6 Å². The molecule has 1 atom stereocenters. The number of hydrogen-bond acceptors (Lipinski definition) is 6. The third kappa shape index (κ3) is 3.67. The van der Waals surface area contributed by atoms with Gasteiger partial charge in [0.05, 0.1) is 24.9 Å². The molecule has 0 bridgehead atoms. The highest BCUT2D eigenvalue weighted by Crippen LogP contribution is 2.24. The lowest BCUT2D eigenvalue weighted by Gasteiger charge is -2.12. The fourth-order valence-electron chi connectivity index (χ4n) is 3.27. The number of aromatic nitrogens is 6. The number of methoxy groups -OCH3 is 1. The zero-order valence-corrected chi connectivity index (χ0v) is 15.1. The SMILES string of the molecule is COc1cccc(-n2cc(CNC(=O)[C@@H]3CCCCn4nnnc43)cn2)c1. The number of nitrogens with zero attached hydrogens (tertiary/aromatic N) is 6. The van der Waals surface area contributed by atoms with Crippen LogP contribution in [0.25, 0.3) is 5.69 Å². The summed E-state index contributed by atoms with van der Waals surface area (Å²) in [5, 5.41) is 19.1. The van der Waals surface area contributed by atoms with E-state index in [9.17, 15) is 4.79 Å². The molecular weight excluding hydrogens is 346 g/mol. The molecule has 1 N–H and O–H groups in total. The van der Waals surface area contributed by atoms with Crippen LogP contribution in [0, 0.1) is 0 Å². The van der Waals surface area contributed by atoms with Crippen molar-refractivity contribution in [1.82, 2.24) is 35.3 Å². The number of ether oxygens (including phenoxy) is 1. The first-order valence-electron chi connectivity index (χ1n) is 8.96. The van der Waals surface area contributed by atoms with E-state index in [2.05, 4.69) is 25.9 Å². The Morgan fingerprint density at radius 2 is 2.30 bits per heavy atom. The molecule has 140 valence electrons. The molecule has 9 nitrogen and oxygen atoms in total. The van der Waals surface area contributed by atoms with Crippen molar-refractivity contribution in [2.45, 2.75) is 38.3 Å². The number of carbonyl (C=O) groups excluding carboxylic acids is 1. The maximum Gasteiger partial charge on any atom is 0.231 e. The Morgan fingerprint density at radius 1 is 1.37 bits per heavy atom. The smallest absolute Gasteiger partial charge is 0.231 e. The molecule has 2 aromatic heterocycles. The number of amides is 1. The maximum atomic E-state index is 12.7. The van der Waals surface area contributed by atoms with Gasteiger partial charge >= 0.3 is 0 Å². The second kappa shape index (κ2) is 7.56. The van der Waals surface area contributed by atoms with Crippen LogP contribution >= 0.6 is 0 Å². The van der Waals surface area contributed by atoms with E-state index in [1.807, 2.05) is 30.5 Å². The summed E-state index contributed by atoms with van der Waals surface area (Å²) >= 11 is 0. The summed E-state index contributed by atoms with van der Waals surface area (Å²) in [4.78, 5) is 12.7. The van der Waals surface area contributed by atoms with Gasteiger partial charge < -0.3 is 10.1 Å². The largest absolute Gasteiger partial charge is 0.497 e. The van der Waals surface area contributed by atoms with E-state index < -0.39 is 0 Å². The molecule has 1 aliphatic rings. The van der Waals surface area contributed by atoms with Crippen LogP contribution in [0.3, 0.4) is 0 Å². The van der Waals surface area contributed by atoms with E-state index in [0.29, 0.717) is 12.4 Å². The summed E-state index contributed by atoms with van der Waals surface area (Å²) in [6.45, 7) is 1.17. The van der Waals surface area contributed by atoms with Crippen molar-refractivity contribution < 1.29 is 9.53 Å². The van der Waals surface area contributed by atoms with Gasteiger partial charge in [0, 0.05) is 30.9 Å². The highest BCUT2D eigenvalue weighted by atomic mass is 16.5. The summed E-state index contributed by atoms with van der Waals surface area (Å²) in [5.74, 6) is 1.05. The minimum Gasteiger partial charge on any atom is -0.497 e. The standard InChI is InChI=1S/C18H21N7O2/c1-27-15-6-4-5-14(9-15)25-12-13(11-20-25)10-19-18(26)16-7-2-3-8-24-17(16)21-22-23-24/h4-6,9,11-12,16H,2-3,7-8,10H2,1H3,(H,19,26)/t16-/m1/s1. The van der Waals surface area contributed by atoms with Crippen molar-refractivity contribution >= 4 is 5.91 Å². The molecule has 0 unspecified atom stereocenters. The number of rotatable bonds is 5. The molecule has 1 aliphatic heterocycles. The highest BCUT2D eigenvalue weighted by Gasteiger charge is 2.28. The third-order valence-electron chi connectivity index (χ3n) is 4.72. The van der Waals surface area contributed by atoms with Gasteiger partial charge in [0.25, 0.3) is 0 Å². The molecule has 9 heteroatoms. The van der Waals surface area contributed by atoms with Crippen LogP contribution in [0.15, 0.2) is 36.7 Å². The number of fused-ring (bicyclic) bond motifs is 1. The summed E-state index contributed by atoms with van der Waals surface area (Å²) in [6.07, 6.45) is 6.35. The van der Waals surface area contributed by atoms with Crippen molar-refractivity contribution in [2.24, 2.45) is 0 Å². The van der Waals surface area contributed by atoms with Crippen molar-refractivity contribution in [3.63, 3.8) is 0 Å². The molecule has 0 saturated carbocycles. The third-order valence-corrected chi connectivity index (χ3v) is 4.72. The molecule has 1 aromatic carbocycles. The average Bonchev–Trinajstić information content (AvgIpc) is 3.32. The first-order chi connectivity index (χ1) is 13.2. The Labute approximate surface area is 156 Å². The number of tetrazole rings is 1. The quantitative estimate of drug-likeness (QED) is 0.733. The van der Waals surface area contributed by atoms with E-state index >= 15 is 0 Å². The van der Waals surface area contributed by atoms with Crippen molar-refractivity contribution in [2.75, 3.05) is 7.11 Å². The van der Waals surface area contributed by atoms with Crippen LogP contribution in [0.4, 0.5) is 0 Å². The molecule has 27 heavy (non-hydrogen) atoms. The van der Waals surface area contributed by atoms with Gasteiger partial charge in [-0.15, -0.1) is 5.10 Å². The number of carbonyl (C=O) groups is 1. The molecule has 0 spiro atoms. The predicted molar refractivity (Wildman–Crippen MR) is 96.4 cm³/mol. The number of nitrogens with one attached hydrogen (secondary N) is 1. The molecule has 1 amide bonds. The molecule has 3 aromatic rings. The lowest BCUT2D eigenvalue weighted by Crippen LogP contribution is -2.30. The Bertz CT molecular complexity index is 933. The molecule has 0 aliphatic carbocycles. The molecule has 0 saturated heterocycles. The van der Waals surface area contributed by atoms with Crippen LogP contribution < -0.4 is 10.1 Å². The molecule has 4 rings (SSSR count). The molecule has 0 radical (unpaired) electrons. The first-order valence-corrected chi connectivity index (χ1v) is 8.96. The summed E-state index contributed by atoms with van der Waals surface area (Å²) in [7, 11) is 1.63. The van der Waals surface area contributed by atoms with E-state index in [-0.39, 0.29) is 11.8 Å². The maximum absolute atomic E-state index is 12.7. The first kappa shape index (κ1) is 17.2. The highest BCUT2D eigenvalue weighted by molar-refractivity contribution is 5.82. The monoisotopic (exact) mass is 367 g/mol. The average molecular weight is 367 g/mol. The summed E-state index contributed by atoms with van der Waals surface area (Å²) < 4.78 is 8.74. The summed E-state index contributed by atoms with van der Waals surface area (Å²) in [5.41, 5.74) is 1.81. The van der Waals surface area contributed by atoms with Gasteiger partial charge in [-0.2, -0.15) is 5.10 Å². The fourth-order valence-corrected chi connectivity index (χ4v) is 3.27. The van der Waals surface area contributed by atoms with E-state index in [0.717, 1.165) is 42.8 Å². The van der Waals surface area contributed by atoms with E-state index in [4.69, 9.17) is 4.74 Å². The zero-order chi connectivity index (χ0) is 18.6. The van der Waals surface area contributed by atoms with Crippen LogP contribution in [0.2, 0.25) is 0 Å². The van der Waals surface area contributed by atoms with E-state index in [1.54, 1.807) is 22.7 Å². The zero-order valence-electron chi connectivity index (χ0n) is 15.1. The predicted octanol–water partition coefficient (Wildman–Crippen LogP) is 1.45. The van der Waals surface area contributed by atoms with Gasteiger partial charge in [0.15, 0.2) is 5.82 Å². The van der Waals surface area contributed by atoms with Gasteiger partial charge in [-0.05, 0) is 35.4 Å². The van der Waals surface area contributed by atoms with Crippen molar-refractivity contribution in [3.05, 3.63) is 48.0 Å². The number of hydrogen-bond donors (Lipinski definition) is 1. The van der Waals surface area contributed by atoms with Gasteiger partial charge in [0.2, 0.25) is 5.91 Å². The van der Waals surface area contributed by atoms with Crippen LogP contribution in [0.5, 0.6) is 5.75 Å². The topological polar surface area (TPSA) is 99.8 Å². The Balaban J connectivity index is 1.42. The number of aryl methyl sites for hydroxylation is 1. The van der Waals surface area contributed by atoms with Crippen molar-refractivity contribution in [1.29, 1.82) is 0 Å². The second-order valence-corrected chi connectivity index (χ2v) is 6.52. The lowest BCUT2D eigenvalue weighted by molar-refractivity contribution is -0.123. The van der Waals surface area contributed by atoms with Gasteiger partial charge in [-0.3, -0.25) is 4.79 Å². The van der Waals surface area contributed by atoms with Crippen LogP contribution in [-0.4, -0.2) is 43.0 Å². The normalized spacial score (nSPS) is 16.4. The summed E-state index contributed by atoms with van der Waals surface area (Å²) in [6, 6.07) is 7.64.